The Kier molecular flexibility index (Phi) is 2.46. The Morgan fingerprint density at radius 2 is 2.12 bits per heavy atom. The Bertz CT molecular complexity index is 112. The lowest BCUT2D eigenvalue weighted by molar-refractivity contribution is 0.0317. The Hall–Kier alpha value is -0.590. The zero-order valence-electron chi connectivity index (χ0n) is 5.56. The number of nitrogens with zero attached hydrogens (tertiary/aromatic N) is 1. The van der Waals surface area contributed by atoms with Gasteiger partial charge in [-0.2, -0.15) is 0 Å². The van der Waals surface area contributed by atoms with Crippen LogP contribution in [0, 0.1) is 0 Å². The maximum atomic E-state index is 4.91. The zero-order valence-corrected chi connectivity index (χ0v) is 5.56. The molecule has 2 heteroatoms. The first-order valence-corrected chi connectivity index (χ1v) is 2.41. The van der Waals surface area contributed by atoms with Crippen molar-refractivity contribution in [2.75, 3.05) is 7.11 Å². The normalized spacial score (nSPS) is 10.4. The van der Waals surface area contributed by atoms with E-state index in [1.807, 2.05) is 13.8 Å². The molecule has 0 radical (unpaired) electrons. The second kappa shape index (κ2) is 2.65. The van der Waals surface area contributed by atoms with E-state index >= 15 is 0 Å². The highest BCUT2D eigenvalue weighted by Gasteiger charge is 2.10. The molecule has 0 bridgehead atoms. The van der Waals surface area contributed by atoms with E-state index in [4.69, 9.17) is 4.74 Å². The number of ether oxygens (including phenoxy) is 1. The summed E-state index contributed by atoms with van der Waals surface area (Å²) in [4.78, 5) is 3.79. The molecular weight excluding hydrogens is 102 g/mol. The van der Waals surface area contributed by atoms with Crippen LogP contribution < -0.4 is 0 Å². The molecule has 0 saturated heterocycles. The van der Waals surface area contributed by atoms with Crippen molar-refractivity contribution in [3.8, 4) is 0 Å². The van der Waals surface area contributed by atoms with Gasteiger partial charge in [-0.05, 0) is 26.3 Å². The van der Waals surface area contributed by atoms with Gasteiger partial charge in [0.15, 0.2) is 5.72 Å². The first-order chi connectivity index (χ1) is 3.62. The predicted molar refractivity (Wildman–Crippen MR) is 34.1 cm³/mol. The summed E-state index contributed by atoms with van der Waals surface area (Å²) in [6.07, 6.45) is 0. The molecule has 0 fully saturated rings. The highest BCUT2D eigenvalue weighted by Crippen LogP contribution is 2.06. The van der Waals surface area contributed by atoms with Gasteiger partial charge in [0.25, 0.3) is 0 Å². The molecule has 0 atom stereocenters. The molecule has 0 unspecified atom stereocenters. The van der Waals surface area contributed by atoms with Crippen LogP contribution in [0.3, 0.4) is 0 Å². The largest absolute Gasteiger partial charge is 0.357 e. The molecule has 0 aliphatic heterocycles. The predicted octanol–water partition coefficient (Wildman–Crippen LogP) is 1.22. The summed E-state index contributed by atoms with van der Waals surface area (Å²) in [6, 6.07) is 0. The number of aliphatic imine (C=N–C) groups is 1. The van der Waals surface area contributed by atoms with Crippen LogP contribution in [-0.2, 0) is 4.74 Å². The summed E-state index contributed by atoms with van der Waals surface area (Å²) in [7, 11) is 1.60. The highest BCUT2D eigenvalue weighted by atomic mass is 16.5. The molecule has 0 saturated carbocycles. The number of hydrogen-bond acceptors (Lipinski definition) is 2. The fourth-order valence-electron chi connectivity index (χ4n) is 0.236. The van der Waals surface area contributed by atoms with Gasteiger partial charge < -0.3 is 4.74 Å². The van der Waals surface area contributed by atoms with Crippen LogP contribution in [-0.4, -0.2) is 18.7 Å². The lowest BCUT2D eigenvalue weighted by atomic mass is 10.3. The standard InChI is InChI=1S/C6H11NO/c1-5-7-6(2,3)8-4/h1H2,2-4H3. The van der Waals surface area contributed by atoms with E-state index in [0.29, 0.717) is 0 Å². The topological polar surface area (TPSA) is 21.6 Å². The van der Waals surface area contributed by atoms with Gasteiger partial charge in [0.2, 0.25) is 0 Å². The maximum Gasteiger partial charge on any atom is 0.161 e. The third-order valence-corrected chi connectivity index (χ3v) is 0.848. The van der Waals surface area contributed by atoms with Gasteiger partial charge >= 0.3 is 0 Å². The summed E-state index contributed by atoms with van der Waals surface area (Å²) in [5.74, 6) is 2.41. The molecule has 0 spiro atoms. The SMILES string of the molecule is C=C=NC(C)(C)OC. The Balaban J connectivity index is 3.90. The molecule has 0 heterocycles. The summed E-state index contributed by atoms with van der Waals surface area (Å²) in [5, 5.41) is 0. The summed E-state index contributed by atoms with van der Waals surface area (Å²) < 4.78 is 4.91. The molecule has 0 aliphatic carbocycles. The van der Waals surface area contributed by atoms with Crippen molar-refractivity contribution in [3.05, 3.63) is 6.58 Å². The van der Waals surface area contributed by atoms with Crippen LogP contribution in [0.15, 0.2) is 11.6 Å². The minimum absolute atomic E-state index is 0.457. The molecule has 0 aliphatic rings. The van der Waals surface area contributed by atoms with Crippen molar-refractivity contribution < 1.29 is 4.74 Å². The molecule has 0 rings (SSSR count). The molecule has 2 nitrogen and oxygen atoms in total. The van der Waals surface area contributed by atoms with Crippen LogP contribution in [0.4, 0.5) is 0 Å². The van der Waals surface area contributed by atoms with E-state index in [9.17, 15) is 0 Å². The molecule has 0 aromatic carbocycles. The third-order valence-electron chi connectivity index (χ3n) is 0.848. The van der Waals surface area contributed by atoms with E-state index in [1.54, 1.807) is 7.11 Å². The van der Waals surface area contributed by atoms with Crippen LogP contribution >= 0.6 is 0 Å². The number of rotatable bonds is 2. The zero-order chi connectivity index (χ0) is 6.62. The third kappa shape index (κ3) is 2.56. The molecule has 0 N–H and O–H groups in total. The van der Waals surface area contributed by atoms with Gasteiger partial charge in [0, 0.05) is 7.11 Å². The minimum Gasteiger partial charge on any atom is -0.357 e. The van der Waals surface area contributed by atoms with Gasteiger partial charge in [0.05, 0.1) is 0 Å². The molecule has 8 heavy (non-hydrogen) atoms. The second-order valence-electron chi connectivity index (χ2n) is 1.92. The second-order valence-corrected chi connectivity index (χ2v) is 1.92. The average Bonchev–Trinajstić information content (AvgIpc) is 1.67. The summed E-state index contributed by atoms with van der Waals surface area (Å²) in [6.45, 7) is 7.00. The van der Waals surface area contributed by atoms with Gasteiger partial charge in [-0.15, -0.1) is 0 Å². The maximum absolute atomic E-state index is 4.91. The fourth-order valence-corrected chi connectivity index (χ4v) is 0.236. The summed E-state index contributed by atoms with van der Waals surface area (Å²) >= 11 is 0. The van der Waals surface area contributed by atoms with Gasteiger partial charge in [-0.1, -0.05) is 0 Å². The monoisotopic (exact) mass is 113 g/mol. The van der Waals surface area contributed by atoms with Crippen LogP contribution in [0.5, 0.6) is 0 Å². The first-order valence-electron chi connectivity index (χ1n) is 2.41. The van der Waals surface area contributed by atoms with Crippen LogP contribution in [0.25, 0.3) is 0 Å². The van der Waals surface area contributed by atoms with E-state index < -0.39 is 5.72 Å². The van der Waals surface area contributed by atoms with E-state index in [1.165, 1.54) is 0 Å². The smallest absolute Gasteiger partial charge is 0.161 e. The number of hydrogen-bond donors (Lipinski definition) is 0. The molecular formula is C6H11NO. The van der Waals surface area contributed by atoms with Crippen molar-refractivity contribution in [2.45, 2.75) is 19.6 Å². The van der Waals surface area contributed by atoms with Crippen molar-refractivity contribution in [3.63, 3.8) is 0 Å². The van der Waals surface area contributed by atoms with Crippen LogP contribution in [0.1, 0.15) is 13.8 Å². The van der Waals surface area contributed by atoms with Gasteiger partial charge in [-0.3, -0.25) is 0 Å². The number of methoxy groups -OCH3 is 1. The van der Waals surface area contributed by atoms with Gasteiger partial charge in [0.1, 0.15) is 0 Å². The van der Waals surface area contributed by atoms with Gasteiger partial charge in [-0.25, -0.2) is 4.99 Å². The first kappa shape index (κ1) is 7.41. The Morgan fingerprint density at radius 3 is 2.25 bits per heavy atom. The fraction of sp³-hybridized carbons (Fsp3) is 0.667. The lowest BCUT2D eigenvalue weighted by Gasteiger charge is -2.14. The Morgan fingerprint density at radius 1 is 1.62 bits per heavy atom. The van der Waals surface area contributed by atoms with Crippen molar-refractivity contribution in [1.82, 2.24) is 0 Å². The van der Waals surface area contributed by atoms with E-state index in [2.05, 4.69) is 17.4 Å². The molecule has 0 amide bonds. The highest BCUT2D eigenvalue weighted by molar-refractivity contribution is 5.47. The lowest BCUT2D eigenvalue weighted by Crippen LogP contribution is -2.18. The molecule has 0 aromatic heterocycles. The van der Waals surface area contributed by atoms with E-state index in [-0.39, 0.29) is 0 Å². The molecule has 46 valence electrons. The average molecular weight is 113 g/mol. The molecule has 0 aromatic rings. The van der Waals surface area contributed by atoms with Crippen molar-refractivity contribution in [1.29, 1.82) is 0 Å². The van der Waals surface area contributed by atoms with E-state index in [0.717, 1.165) is 0 Å². The summed E-state index contributed by atoms with van der Waals surface area (Å²) in [5.41, 5.74) is -0.457. The van der Waals surface area contributed by atoms with Crippen molar-refractivity contribution in [2.24, 2.45) is 4.99 Å². The quantitative estimate of drug-likeness (QED) is 0.493. The van der Waals surface area contributed by atoms with Crippen molar-refractivity contribution >= 4 is 5.87 Å². The Labute approximate surface area is 49.9 Å². The minimum atomic E-state index is -0.457. The van der Waals surface area contributed by atoms with Crippen LogP contribution in [0.2, 0.25) is 0 Å².